The number of hydrogen-bond acceptors (Lipinski definition) is 4. The molecular weight excluding hydrogens is 233 g/mol. The molecule has 6 heteroatoms. The Balaban J connectivity index is 0. The van der Waals surface area contributed by atoms with E-state index in [9.17, 15) is 14.7 Å². The van der Waals surface area contributed by atoms with Crippen LogP contribution in [-0.2, 0) is 14.3 Å². The Bertz CT molecular complexity index is 224. The number of carbonyl (C=O) groups excluding carboxylic acids is 2. The van der Waals surface area contributed by atoms with E-state index in [1.54, 1.807) is 6.92 Å². The molecule has 0 aromatic heterocycles. The van der Waals surface area contributed by atoms with Crippen LogP contribution < -0.4 is 40.0 Å². The SMILES string of the molecule is CCCOCCNC(=O)C(C)CCC(=O)[O-].[Na+]. The molecule has 0 saturated heterocycles. The van der Waals surface area contributed by atoms with Crippen LogP contribution >= 0.6 is 0 Å². The number of carbonyl (C=O) groups is 2. The zero-order valence-electron chi connectivity index (χ0n) is 11.0. The van der Waals surface area contributed by atoms with E-state index in [-0.39, 0.29) is 47.8 Å². The van der Waals surface area contributed by atoms with E-state index in [1.165, 1.54) is 0 Å². The van der Waals surface area contributed by atoms with Crippen LogP contribution in [0.2, 0.25) is 0 Å². The van der Waals surface area contributed by atoms with Crippen molar-refractivity contribution in [1.82, 2.24) is 5.32 Å². The fraction of sp³-hybridized carbons (Fsp3) is 0.818. The molecule has 0 aliphatic carbocycles. The van der Waals surface area contributed by atoms with Gasteiger partial charge >= 0.3 is 29.6 Å². The summed E-state index contributed by atoms with van der Waals surface area (Å²) in [4.78, 5) is 21.6. The Morgan fingerprint density at radius 1 is 1.35 bits per heavy atom. The van der Waals surface area contributed by atoms with Crippen LogP contribution in [0.1, 0.15) is 33.1 Å². The maximum absolute atomic E-state index is 11.4. The number of ether oxygens (including phenoxy) is 1. The summed E-state index contributed by atoms with van der Waals surface area (Å²) >= 11 is 0. The van der Waals surface area contributed by atoms with Crippen molar-refractivity contribution in [3.05, 3.63) is 0 Å². The quantitative estimate of drug-likeness (QED) is 0.345. The Hall–Kier alpha value is -0.100. The largest absolute Gasteiger partial charge is 1.00 e. The van der Waals surface area contributed by atoms with Crippen molar-refractivity contribution in [1.29, 1.82) is 0 Å². The predicted molar refractivity (Wildman–Crippen MR) is 57.5 cm³/mol. The third-order valence-electron chi connectivity index (χ3n) is 2.12. The molecule has 1 unspecified atom stereocenters. The Kier molecular flexibility index (Phi) is 14.0. The second kappa shape index (κ2) is 12.4. The zero-order chi connectivity index (χ0) is 12.4. The molecular formula is C11H20NNaO4. The molecule has 0 rings (SSSR count). The van der Waals surface area contributed by atoms with Gasteiger partial charge in [-0.3, -0.25) is 4.79 Å². The number of carboxylic acid groups (broad SMARTS) is 1. The van der Waals surface area contributed by atoms with Crippen LogP contribution in [0.15, 0.2) is 0 Å². The molecule has 17 heavy (non-hydrogen) atoms. The number of carboxylic acids is 1. The molecule has 0 aromatic carbocycles. The summed E-state index contributed by atoms with van der Waals surface area (Å²) in [7, 11) is 0. The molecule has 5 nitrogen and oxygen atoms in total. The van der Waals surface area contributed by atoms with Crippen LogP contribution in [0.5, 0.6) is 0 Å². The van der Waals surface area contributed by atoms with E-state index < -0.39 is 5.97 Å². The summed E-state index contributed by atoms with van der Waals surface area (Å²) in [6.07, 6.45) is 1.18. The molecule has 0 aliphatic heterocycles. The van der Waals surface area contributed by atoms with Gasteiger partial charge in [0.25, 0.3) is 0 Å². The van der Waals surface area contributed by atoms with Crippen LogP contribution in [0, 0.1) is 5.92 Å². The smallest absolute Gasteiger partial charge is 0.550 e. The van der Waals surface area contributed by atoms with Gasteiger partial charge in [-0.05, 0) is 19.3 Å². The molecule has 1 N–H and O–H groups in total. The van der Waals surface area contributed by atoms with Gasteiger partial charge in [0.1, 0.15) is 0 Å². The summed E-state index contributed by atoms with van der Waals surface area (Å²) in [6, 6.07) is 0. The molecule has 1 amide bonds. The molecule has 0 radical (unpaired) electrons. The number of hydrogen-bond donors (Lipinski definition) is 1. The van der Waals surface area contributed by atoms with E-state index >= 15 is 0 Å². The van der Waals surface area contributed by atoms with E-state index in [1.807, 2.05) is 6.92 Å². The van der Waals surface area contributed by atoms with Crippen LogP contribution in [-0.4, -0.2) is 31.6 Å². The van der Waals surface area contributed by atoms with E-state index in [0.717, 1.165) is 6.42 Å². The van der Waals surface area contributed by atoms with E-state index in [0.29, 0.717) is 26.2 Å². The zero-order valence-corrected chi connectivity index (χ0v) is 13.0. The first kappa shape index (κ1) is 19.2. The standard InChI is InChI=1S/C11H21NO4.Na/c1-3-7-16-8-6-12-11(15)9(2)4-5-10(13)14;/h9H,3-8H2,1-2H3,(H,12,15)(H,13,14);/q;+1/p-1. The third kappa shape index (κ3) is 12.2. The summed E-state index contributed by atoms with van der Waals surface area (Å²) in [5.41, 5.74) is 0. The molecule has 1 atom stereocenters. The molecule has 0 fully saturated rings. The molecule has 0 saturated carbocycles. The fourth-order valence-corrected chi connectivity index (χ4v) is 1.13. The molecule has 0 spiro atoms. The first-order chi connectivity index (χ1) is 7.57. The Morgan fingerprint density at radius 3 is 2.53 bits per heavy atom. The first-order valence-corrected chi connectivity index (χ1v) is 5.63. The molecule has 0 aromatic rings. The van der Waals surface area contributed by atoms with Gasteiger partial charge in [-0.15, -0.1) is 0 Å². The maximum atomic E-state index is 11.4. The molecule has 94 valence electrons. The summed E-state index contributed by atoms with van der Waals surface area (Å²) in [6.45, 7) is 5.36. The van der Waals surface area contributed by atoms with E-state index in [2.05, 4.69) is 5.32 Å². The summed E-state index contributed by atoms with van der Waals surface area (Å²) < 4.78 is 5.19. The first-order valence-electron chi connectivity index (χ1n) is 5.63. The van der Waals surface area contributed by atoms with Crippen LogP contribution in [0.25, 0.3) is 0 Å². The number of aliphatic carboxylic acids is 1. The average Bonchev–Trinajstić information content (AvgIpc) is 2.25. The second-order valence-electron chi connectivity index (χ2n) is 3.72. The van der Waals surface area contributed by atoms with Gasteiger partial charge in [-0.2, -0.15) is 0 Å². The number of rotatable bonds is 9. The van der Waals surface area contributed by atoms with Crippen LogP contribution in [0.4, 0.5) is 0 Å². The van der Waals surface area contributed by atoms with Gasteiger partial charge in [0, 0.05) is 25.0 Å². The van der Waals surface area contributed by atoms with Crippen molar-refractivity contribution in [2.24, 2.45) is 5.92 Å². The molecule has 0 aliphatic rings. The minimum atomic E-state index is -1.12. The topological polar surface area (TPSA) is 78.5 Å². The number of amides is 1. The van der Waals surface area contributed by atoms with Gasteiger partial charge in [0.05, 0.1) is 6.61 Å². The van der Waals surface area contributed by atoms with Gasteiger partial charge in [0.2, 0.25) is 5.91 Å². The van der Waals surface area contributed by atoms with Gasteiger partial charge in [-0.1, -0.05) is 13.8 Å². The van der Waals surface area contributed by atoms with Crippen molar-refractivity contribution in [2.45, 2.75) is 33.1 Å². The summed E-state index contributed by atoms with van der Waals surface area (Å²) in [5, 5.41) is 12.9. The van der Waals surface area contributed by atoms with Crippen molar-refractivity contribution in [2.75, 3.05) is 19.8 Å². The Morgan fingerprint density at radius 2 is 2.00 bits per heavy atom. The van der Waals surface area contributed by atoms with Crippen LogP contribution in [0.3, 0.4) is 0 Å². The van der Waals surface area contributed by atoms with Crippen molar-refractivity contribution in [3.63, 3.8) is 0 Å². The second-order valence-corrected chi connectivity index (χ2v) is 3.72. The summed E-state index contributed by atoms with van der Waals surface area (Å²) in [5.74, 6) is -1.56. The van der Waals surface area contributed by atoms with Gasteiger partial charge < -0.3 is 20.0 Å². The minimum Gasteiger partial charge on any atom is -0.550 e. The van der Waals surface area contributed by atoms with Crippen molar-refractivity contribution < 1.29 is 49.0 Å². The molecule has 0 bridgehead atoms. The predicted octanol–water partition coefficient (Wildman–Crippen LogP) is -3.30. The monoisotopic (exact) mass is 253 g/mol. The van der Waals surface area contributed by atoms with Gasteiger partial charge in [-0.25, -0.2) is 0 Å². The average molecular weight is 253 g/mol. The Labute approximate surface area is 125 Å². The minimum absolute atomic E-state index is 0. The van der Waals surface area contributed by atoms with Crippen molar-refractivity contribution in [3.8, 4) is 0 Å². The fourth-order valence-electron chi connectivity index (χ4n) is 1.13. The van der Waals surface area contributed by atoms with Gasteiger partial charge in [0.15, 0.2) is 0 Å². The van der Waals surface area contributed by atoms with Crippen molar-refractivity contribution >= 4 is 11.9 Å². The van der Waals surface area contributed by atoms with E-state index in [4.69, 9.17) is 4.74 Å². The number of nitrogens with one attached hydrogen (secondary N) is 1. The third-order valence-corrected chi connectivity index (χ3v) is 2.12. The normalized spacial score (nSPS) is 11.4. The molecule has 0 heterocycles. The maximum Gasteiger partial charge on any atom is 1.00 e.